The highest BCUT2D eigenvalue weighted by atomic mass is 16.2. The van der Waals surface area contributed by atoms with Crippen LogP contribution >= 0.6 is 0 Å². The lowest BCUT2D eigenvalue weighted by atomic mass is 9.99. The van der Waals surface area contributed by atoms with E-state index in [1.54, 1.807) is 0 Å². The predicted molar refractivity (Wildman–Crippen MR) is 146 cm³/mol. The zero-order valence-electron chi connectivity index (χ0n) is 21.8. The maximum absolute atomic E-state index is 14.0. The van der Waals surface area contributed by atoms with Gasteiger partial charge in [-0.2, -0.15) is 0 Å². The van der Waals surface area contributed by atoms with E-state index < -0.39 is 6.04 Å². The van der Waals surface area contributed by atoms with Crippen molar-refractivity contribution in [2.75, 3.05) is 0 Å². The summed E-state index contributed by atoms with van der Waals surface area (Å²) in [6.07, 6.45) is 5.08. The second kappa shape index (κ2) is 12.0. The summed E-state index contributed by atoms with van der Waals surface area (Å²) in [5.41, 5.74) is 6.51. The summed E-state index contributed by atoms with van der Waals surface area (Å²) in [5, 5.41) is 3.28. The Hall–Kier alpha value is -3.40. The largest absolute Gasteiger partial charge is 0.352 e. The van der Waals surface area contributed by atoms with Crippen molar-refractivity contribution in [1.29, 1.82) is 0 Å². The number of aryl methyl sites for hydroxylation is 3. The number of nitrogens with zero attached hydrogens (tertiary/aromatic N) is 1. The molecule has 0 spiro atoms. The number of benzene rings is 3. The number of hydrogen-bond donors (Lipinski definition) is 1. The molecule has 0 heterocycles. The number of carbonyl (C=O) groups excluding carboxylic acids is 2. The molecule has 0 aromatic heterocycles. The molecule has 0 bridgehead atoms. The molecule has 4 nitrogen and oxygen atoms in total. The van der Waals surface area contributed by atoms with E-state index in [0.717, 1.165) is 59.1 Å². The van der Waals surface area contributed by atoms with Gasteiger partial charge < -0.3 is 10.2 Å². The van der Waals surface area contributed by atoms with Gasteiger partial charge in [0.15, 0.2) is 0 Å². The van der Waals surface area contributed by atoms with Crippen LogP contribution < -0.4 is 5.32 Å². The predicted octanol–water partition coefficient (Wildman–Crippen LogP) is 5.85. The highest BCUT2D eigenvalue weighted by Crippen LogP contribution is 2.22. The van der Waals surface area contributed by atoms with Gasteiger partial charge in [-0.05, 0) is 55.9 Å². The van der Waals surface area contributed by atoms with Crippen molar-refractivity contribution in [3.8, 4) is 0 Å². The average molecular weight is 483 g/mol. The van der Waals surface area contributed by atoms with Crippen LogP contribution in [0.5, 0.6) is 0 Å². The Morgan fingerprint density at radius 3 is 2.17 bits per heavy atom. The first-order valence-corrected chi connectivity index (χ1v) is 13.1. The minimum atomic E-state index is -0.578. The van der Waals surface area contributed by atoms with Gasteiger partial charge in [-0.1, -0.05) is 96.8 Å². The molecule has 4 rings (SSSR count). The summed E-state index contributed by atoms with van der Waals surface area (Å²) in [5.74, 6) is -0.0705. The van der Waals surface area contributed by atoms with Gasteiger partial charge >= 0.3 is 0 Å². The van der Waals surface area contributed by atoms with Crippen molar-refractivity contribution >= 4 is 11.8 Å². The van der Waals surface area contributed by atoms with Crippen LogP contribution in [0.25, 0.3) is 0 Å². The lowest BCUT2D eigenvalue weighted by Gasteiger charge is -2.33. The van der Waals surface area contributed by atoms with E-state index in [1.807, 2.05) is 47.4 Å². The Morgan fingerprint density at radius 2 is 1.50 bits per heavy atom. The second-order valence-electron chi connectivity index (χ2n) is 10.3. The van der Waals surface area contributed by atoms with Crippen molar-refractivity contribution in [2.24, 2.45) is 0 Å². The topological polar surface area (TPSA) is 49.4 Å². The molecule has 0 radical (unpaired) electrons. The molecule has 1 atom stereocenters. The molecule has 1 saturated carbocycles. The van der Waals surface area contributed by atoms with E-state index in [9.17, 15) is 9.59 Å². The molecule has 1 unspecified atom stereocenters. The Bertz CT molecular complexity index is 1160. The lowest BCUT2D eigenvalue weighted by Crippen LogP contribution is -2.52. The maximum Gasteiger partial charge on any atom is 0.243 e. The quantitative estimate of drug-likeness (QED) is 0.416. The Morgan fingerprint density at radius 1 is 0.861 bits per heavy atom. The molecule has 1 aliphatic rings. The molecule has 0 aliphatic heterocycles. The van der Waals surface area contributed by atoms with Gasteiger partial charge in [-0.15, -0.1) is 0 Å². The number of nitrogens with one attached hydrogen (secondary N) is 1. The maximum atomic E-state index is 14.0. The first-order valence-electron chi connectivity index (χ1n) is 13.1. The zero-order valence-corrected chi connectivity index (χ0v) is 21.8. The molecule has 2 amide bonds. The average Bonchev–Trinajstić information content (AvgIpc) is 3.35. The van der Waals surface area contributed by atoms with Crippen LogP contribution in [-0.2, 0) is 29.0 Å². The molecule has 36 heavy (non-hydrogen) atoms. The first kappa shape index (κ1) is 25.7. The van der Waals surface area contributed by atoms with Crippen molar-refractivity contribution < 1.29 is 9.59 Å². The fraction of sp³-hybridized carbons (Fsp3) is 0.375. The number of hydrogen-bond acceptors (Lipinski definition) is 2. The normalized spacial score (nSPS) is 14.4. The third-order valence-electron chi connectivity index (χ3n) is 7.21. The molecule has 1 N–H and O–H groups in total. The van der Waals surface area contributed by atoms with Gasteiger partial charge in [0.25, 0.3) is 0 Å². The molecule has 1 aliphatic carbocycles. The number of amides is 2. The van der Waals surface area contributed by atoms with Gasteiger partial charge in [0.2, 0.25) is 11.8 Å². The molecular weight excluding hydrogens is 444 g/mol. The summed E-state index contributed by atoms with van der Waals surface area (Å²) >= 11 is 0. The summed E-state index contributed by atoms with van der Waals surface area (Å²) in [6.45, 7) is 6.58. The lowest BCUT2D eigenvalue weighted by molar-refractivity contribution is -0.141. The van der Waals surface area contributed by atoms with Crippen LogP contribution in [0, 0.1) is 20.8 Å². The smallest absolute Gasteiger partial charge is 0.243 e. The van der Waals surface area contributed by atoms with Crippen molar-refractivity contribution in [2.45, 2.75) is 77.9 Å². The van der Waals surface area contributed by atoms with Gasteiger partial charge in [0, 0.05) is 19.0 Å². The van der Waals surface area contributed by atoms with E-state index in [2.05, 4.69) is 56.4 Å². The van der Waals surface area contributed by atoms with Gasteiger partial charge in [0.05, 0.1) is 6.42 Å². The number of carbonyl (C=O) groups is 2. The summed E-state index contributed by atoms with van der Waals surface area (Å²) in [7, 11) is 0. The van der Waals surface area contributed by atoms with E-state index in [4.69, 9.17) is 0 Å². The fourth-order valence-electron chi connectivity index (χ4n) is 5.34. The monoisotopic (exact) mass is 482 g/mol. The SMILES string of the molecule is Cc1cc(C)cc(CC(=O)N(Cc2ccccc2C)C(Cc2ccccc2)C(=O)NC2CCCC2)c1. The van der Waals surface area contributed by atoms with Gasteiger partial charge in [-0.3, -0.25) is 9.59 Å². The molecule has 1 fully saturated rings. The van der Waals surface area contributed by atoms with E-state index in [-0.39, 0.29) is 24.3 Å². The van der Waals surface area contributed by atoms with Crippen LogP contribution in [0.4, 0.5) is 0 Å². The zero-order chi connectivity index (χ0) is 25.5. The van der Waals surface area contributed by atoms with Crippen LogP contribution in [-0.4, -0.2) is 28.8 Å². The molecular formula is C32H38N2O2. The van der Waals surface area contributed by atoms with E-state index in [1.165, 1.54) is 0 Å². The molecule has 188 valence electrons. The van der Waals surface area contributed by atoms with Crippen LogP contribution in [0.2, 0.25) is 0 Å². The third-order valence-corrected chi connectivity index (χ3v) is 7.21. The van der Waals surface area contributed by atoms with Crippen LogP contribution in [0.3, 0.4) is 0 Å². The summed E-state index contributed by atoms with van der Waals surface area (Å²) < 4.78 is 0. The van der Waals surface area contributed by atoms with Crippen molar-refractivity contribution in [3.63, 3.8) is 0 Å². The van der Waals surface area contributed by atoms with E-state index >= 15 is 0 Å². The minimum absolute atomic E-state index is 0.0224. The second-order valence-corrected chi connectivity index (χ2v) is 10.3. The van der Waals surface area contributed by atoms with Crippen molar-refractivity contribution in [1.82, 2.24) is 10.2 Å². The summed E-state index contributed by atoms with van der Waals surface area (Å²) in [6, 6.07) is 24.0. The molecule has 3 aromatic rings. The fourth-order valence-corrected chi connectivity index (χ4v) is 5.34. The molecule has 0 saturated heterocycles. The van der Waals surface area contributed by atoms with Crippen molar-refractivity contribution in [3.05, 3.63) is 106 Å². The third kappa shape index (κ3) is 6.84. The van der Waals surface area contributed by atoms with Gasteiger partial charge in [0.1, 0.15) is 6.04 Å². The van der Waals surface area contributed by atoms with Gasteiger partial charge in [-0.25, -0.2) is 0 Å². The Balaban J connectivity index is 1.68. The number of rotatable bonds is 9. The highest BCUT2D eigenvalue weighted by Gasteiger charge is 2.32. The first-order chi connectivity index (χ1) is 17.4. The standard InChI is InChI=1S/C32H38N2O2/c1-23-17-24(2)19-27(18-23)21-31(35)34(22-28-14-8-7-11-25(28)3)30(20-26-12-5-4-6-13-26)32(36)33-29-15-9-10-16-29/h4-8,11-14,17-19,29-30H,9-10,15-16,20-22H2,1-3H3,(H,33,36). The Labute approximate surface area is 215 Å². The minimum Gasteiger partial charge on any atom is -0.352 e. The highest BCUT2D eigenvalue weighted by molar-refractivity contribution is 5.89. The molecule has 4 heteroatoms. The Kier molecular flexibility index (Phi) is 8.58. The van der Waals surface area contributed by atoms with E-state index in [0.29, 0.717) is 13.0 Å². The molecule has 3 aromatic carbocycles. The van der Waals surface area contributed by atoms with Crippen LogP contribution in [0.15, 0.2) is 72.8 Å². The summed E-state index contributed by atoms with van der Waals surface area (Å²) in [4.78, 5) is 29.6. The van der Waals surface area contributed by atoms with Crippen LogP contribution in [0.1, 0.15) is 59.1 Å².